The first-order valence-corrected chi connectivity index (χ1v) is 8.70. The van der Waals surface area contributed by atoms with Gasteiger partial charge >= 0.3 is 0 Å². The van der Waals surface area contributed by atoms with Crippen LogP contribution >= 0.6 is 0 Å². The van der Waals surface area contributed by atoms with E-state index in [-0.39, 0.29) is 17.2 Å². The Morgan fingerprint density at radius 1 is 1.17 bits per heavy atom. The highest BCUT2D eigenvalue weighted by Crippen LogP contribution is 2.58. The van der Waals surface area contributed by atoms with Crippen molar-refractivity contribution in [1.29, 1.82) is 0 Å². The number of anilines is 2. The SMILES string of the molecule is O=C(Nc1ccc(N2CCNCC2)cn1)C1CC12CCNCC2. The van der Waals surface area contributed by atoms with Crippen molar-refractivity contribution in [3.05, 3.63) is 18.3 Å². The lowest BCUT2D eigenvalue weighted by Crippen LogP contribution is -2.43. The summed E-state index contributed by atoms with van der Waals surface area (Å²) in [6.07, 6.45) is 5.16. The van der Waals surface area contributed by atoms with Crippen molar-refractivity contribution in [3.63, 3.8) is 0 Å². The van der Waals surface area contributed by atoms with Crippen molar-refractivity contribution in [2.75, 3.05) is 49.5 Å². The molecule has 1 unspecified atom stereocenters. The average molecular weight is 315 g/mol. The summed E-state index contributed by atoms with van der Waals surface area (Å²) in [5.74, 6) is 0.999. The fraction of sp³-hybridized carbons (Fsp3) is 0.647. The van der Waals surface area contributed by atoms with Gasteiger partial charge in [0.1, 0.15) is 5.82 Å². The Labute approximate surface area is 137 Å². The van der Waals surface area contributed by atoms with E-state index in [1.807, 2.05) is 12.3 Å². The van der Waals surface area contributed by atoms with Crippen LogP contribution in [0.5, 0.6) is 0 Å². The van der Waals surface area contributed by atoms with Crippen molar-refractivity contribution in [2.24, 2.45) is 11.3 Å². The first-order chi connectivity index (χ1) is 11.3. The molecule has 23 heavy (non-hydrogen) atoms. The van der Waals surface area contributed by atoms with Crippen LogP contribution in [0.2, 0.25) is 0 Å². The van der Waals surface area contributed by atoms with Crippen LogP contribution in [0, 0.1) is 11.3 Å². The van der Waals surface area contributed by atoms with Crippen LogP contribution in [0.15, 0.2) is 18.3 Å². The number of carbonyl (C=O) groups excluding carboxylic acids is 1. The minimum absolute atomic E-state index is 0.148. The molecule has 3 fully saturated rings. The summed E-state index contributed by atoms with van der Waals surface area (Å²) in [6.45, 7) is 6.12. The van der Waals surface area contributed by atoms with Crippen molar-refractivity contribution >= 4 is 17.4 Å². The molecular formula is C17H25N5O. The number of piperidine rings is 1. The molecule has 0 radical (unpaired) electrons. The molecule has 6 nitrogen and oxygen atoms in total. The molecule has 1 aromatic rings. The first kappa shape index (κ1) is 14.9. The number of pyridine rings is 1. The number of carbonyl (C=O) groups is 1. The normalized spacial score (nSPS) is 26.1. The molecule has 0 aromatic carbocycles. The maximum absolute atomic E-state index is 12.4. The summed E-state index contributed by atoms with van der Waals surface area (Å²) in [5, 5.41) is 9.72. The van der Waals surface area contributed by atoms with Crippen LogP contribution in [0.1, 0.15) is 19.3 Å². The van der Waals surface area contributed by atoms with Gasteiger partial charge in [-0.2, -0.15) is 0 Å². The van der Waals surface area contributed by atoms with Gasteiger partial charge in [0.25, 0.3) is 0 Å². The molecule has 1 atom stereocenters. The second kappa shape index (κ2) is 6.09. The van der Waals surface area contributed by atoms with E-state index in [2.05, 4.69) is 31.9 Å². The molecule has 3 heterocycles. The third-order valence-electron chi connectivity index (χ3n) is 5.59. The molecule has 3 N–H and O–H groups in total. The monoisotopic (exact) mass is 315 g/mol. The van der Waals surface area contributed by atoms with E-state index < -0.39 is 0 Å². The molecule has 1 aliphatic carbocycles. The molecule has 2 saturated heterocycles. The van der Waals surface area contributed by atoms with Gasteiger partial charge in [-0.05, 0) is 49.9 Å². The third-order valence-corrected chi connectivity index (χ3v) is 5.59. The Bertz CT molecular complexity index is 561. The zero-order valence-corrected chi connectivity index (χ0v) is 13.5. The maximum Gasteiger partial charge on any atom is 0.229 e. The summed E-state index contributed by atoms with van der Waals surface area (Å²) in [7, 11) is 0. The summed E-state index contributed by atoms with van der Waals surface area (Å²) >= 11 is 0. The van der Waals surface area contributed by atoms with Gasteiger partial charge in [-0.15, -0.1) is 0 Å². The maximum atomic E-state index is 12.4. The highest BCUT2D eigenvalue weighted by molar-refractivity contribution is 5.94. The molecule has 2 aliphatic heterocycles. The molecule has 6 heteroatoms. The Balaban J connectivity index is 1.35. The fourth-order valence-electron chi connectivity index (χ4n) is 3.98. The van der Waals surface area contributed by atoms with E-state index >= 15 is 0 Å². The Hall–Kier alpha value is -1.66. The standard InChI is InChI=1S/C17H25N5O/c23-16(14-11-17(14)3-5-18-6-4-17)21-15-2-1-13(12-20-15)22-9-7-19-8-10-22/h1-2,12,14,18-19H,3-11H2,(H,20,21,23). The van der Waals surface area contributed by atoms with Crippen LogP contribution in [-0.2, 0) is 4.79 Å². The Morgan fingerprint density at radius 2 is 1.91 bits per heavy atom. The van der Waals surface area contributed by atoms with Crippen molar-refractivity contribution in [3.8, 4) is 0 Å². The fourth-order valence-corrected chi connectivity index (χ4v) is 3.98. The predicted octanol–water partition coefficient (Wildman–Crippen LogP) is 0.819. The molecular weight excluding hydrogens is 290 g/mol. The number of hydrogen-bond donors (Lipinski definition) is 3. The van der Waals surface area contributed by atoms with Crippen LogP contribution in [0.3, 0.4) is 0 Å². The van der Waals surface area contributed by atoms with Gasteiger partial charge in [-0.1, -0.05) is 0 Å². The summed E-state index contributed by atoms with van der Waals surface area (Å²) in [5.41, 5.74) is 1.40. The smallest absolute Gasteiger partial charge is 0.229 e. The van der Waals surface area contributed by atoms with E-state index in [0.29, 0.717) is 5.82 Å². The van der Waals surface area contributed by atoms with Crippen LogP contribution in [0.25, 0.3) is 0 Å². The first-order valence-electron chi connectivity index (χ1n) is 8.70. The molecule has 4 rings (SSSR count). The van der Waals surface area contributed by atoms with E-state index in [1.165, 1.54) is 0 Å². The number of aromatic nitrogens is 1. The largest absolute Gasteiger partial charge is 0.368 e. The average Bonchev–Trinajstić information content (AvgIpc) is 3.30. The van der Waals surface area contributed by atoms with Crippen molar-refractivity contribution < 1.29 is 4.79 Å². The van der Waals surface area contributed by atoms with Gasteiger partial charge in [0, 0.05) is 32.1 Å². The van der Waals surface area contributed by atoms with Gasteiger partial charge in [-0.3, -0.25) is 4.79 Å². The second-order valence-corrected chi connectivity index (χ2v) is 7.00. The van der Waals surface area contributed by atoms with Gasteiger partial charge in [0.2, 0.25) is 5.91 Å². The summed E-state index contributed by atoms with van der Waals surface area (Å²) < 4.78 is 0. The van der Waals surface area contributed by atoms with Crippen molar-refractivity contribution in [2.45, 2.75) is 19.3 Å². The highest BCUT2D eigenvalue weighted by Gasteiger charge is 2.57. The minimum atomic E-state index is 0.148. The summed E-state index contributed by atoms with van der Waals surface area (Å²) in [6, 6.07) is 3.98. The Kier molecular flexibility index (Phi) is 3.95. The molecule has 1 spiro atoms. The lowest BCUT2D eigenvalue weighted by atomic mass is 9.92. The zero-order valence-electron chi connectivity index (χ0n) is 13.5. The number of rotatable bonds is 3. The molecule has 1 amide bonds. The quantitative estimate of drug-likeness (QED) is 0.770. The van der Waals surface area contributed by atoms with Crippen molar-refractivity contribution in [1.82, 2.24) is 15.6 Å². The lowest BCUT2D eigenvalue weighted by molar-refractivity contribution is -0.118. The van der Waals surface area contributed by atoms with Gasteiger partial charge in [0.15, 0.2) is 0 Å². The van der Waals surface area contributed by atoms with E-state index in [1.54, 1.807) is 0 Å². The molecule has 1 aromatic heterocycles. The highest BCUT2D eigenvalue weighted by atomic mass is 16.2. The molecule has 0 bridgehead atoms. The van der Waals surface area contributed by atoms with E-state index in [0.717, 1.165) is 64.2 Å². The van der Waals surface area contributed by atoms with Gasteiger partial charge in [-0.25, -0.2) is 4.98 Å². The van der Waals surface area contributed by atoms with Crippen LogP contribution in [-0.4, -0.2) is 50.2 Å². The second-order valence-electron chi connectivity index (χ2n) is 7.00. The zero-order chi connectivity index (χ0) is 15.7. The topological polar surface area (TPSA) is 69.3 Å². The summed E-state index contributed by atoms with van der Waals surface area (Å²) in [4.78, 5) is 19.2. The van der Waals surface area contributed by atoms with Gasteiger partial charge < -0.3 is 20.9 Å². The number of hydrogen-bond acceptors (Lipinski definition) is 5. The lowest BCUT2D eigenvalue weighted by Gasteiger charge is -2.29. The molecule has 1 saturated carbocycles. The van der Waals surface area contributed by atoms with Crippen LogP contribution in [0.4, 0.5) is 11.5 Å². The number of nitrogens with one attached hydrogen (secondary N) is 3. The molecule has 3 aliphatic rings. The number of nitrogens with zero attached hydrogens (tertiary/aromatic N) is 2. The third kappa shape index (κ3) is 3.05. The van der Waals surface area contributed by atoms with Gasteiger partial charge in [0.05, 0.1) is 11.9 Å². The van der Waals surface area contributed by atoms with E-state index in [4.69, 9.17) is 0 Å². The van der Waals surface area contributed by atoms with Crippen LogP contribution < -0.4 is 20.9 Å². The molecule has 124 valence electrons. The number of amides is 1. The van der Waals surface area contributed by atoms with E-state index in [9.17, 15) is 4.79 Å². The Morgan fingerprint density at radius 3 is 2.61 bits per heavy atom. The minimum Gasteiger partial charge on any atom is -0.368 e. The number of piperazine rings is 1. The predicted molar refractivity (Wildman–Crippen MR) is 90.6 cm³/mol.